The molecule has 2 N–H and O–H groups in total. The zero-order chi connectivity index (χ0) is 12.3. The summed E-state index contributed by atoms with van der Waals surface area (Å²) in [5.74, 6) is 0.415. The minimum atomic E-state index is -0.245. The van der Waals surface area contributed by atoms with Crippen molar-refractivity contribution in [1.82, 2.24) is 4.98 Å². The lowest BCUT2D eigenvalue weighted by atomic mass is 10.2. The molecule has 0 spiro atoms. The second-order valence-electron chi connectivity index (χ2n) is 3.42. The molecule has 0 saturated heterocycles. The molecular weight excluding hydrogens is 303 g/mol. The number of hydrogen-bond acceptors (Lipinski definition) is 3. The van der Waals surface area contributed by atoms with E-state index in [0.29, 0.717) is 15.9 Å². The maximum Gasteiger partial charge on any atom is 0.137 e. The highest BCUT2D eigenvalue weighted by Gasteiger charge is 2.06. The Hall–Kier alpha value is -1.07. The van der Waals surface area contributed by atoms with Crippen molar-refractivity contribution in [3.05, 3.63) is 52.5 Å². The first-order valence-corrected chi connectivity index (χ1v) is 6.71. The van der Waals surface area contributed by atoms with Gasteiger partial charge in [-0.3, -0.25) is 4.98 Å². The molecule has 2 nitrogen and oxygen atoms in total. The molecule has 5 heteroatoms. The summed E-state index contributed by atoms with van der Waals surface area (Å²) in [7, 11) is 0. The van der Waals surface area contributed by atoms with Gasteiger partial charge in [0.1, 0.15) is 5.82 Å². The lowest BCUT2D eigenvalue weighted by Crippen LogP contribution is -1.91. The highest BCUT2D eigenvalue weighted by atomic mass is 79.9. The van der Waals surface area contributed by atoms with E-state index in [1.807, 2.05) is 12.1 Å². The summed E-state index contributed by atoms with van der Waals surface area (Å²) in [6, 6.07) is 6.87. The van der Waals surface area contributed by atoms with Crippen LogP contribution in [0.3, 0.4) is 0 Å². The Morgan fingerprint density at radius 1 is 1.35 bits per heavy atom. The average Bonchev–Trinajstić information content (AvgIpc) is 2.33. The molecule has 1 aromatic heterocycles. The Morgan fingerprint density at radius 2 is 2.18 bits per heavy atom. The van der Waals surface area contributed by atoms with Gasteiger partial charge in [-0.1, -0.05) is 12.1 Å². The quantitative estimate of drug-likeness (QED) is 0.875. The highest BCUT2D eigenvalue weighted by Crippen LogP contribution is 2.30. The van der Waals surface area contributed by atoms with Crippen LogP contribution >= 0.6 is 27.7 Å². The molecule has 0 bridgehead atoms. The number of aromatic nitrogens is 1. The van der Waals surface area contributed by atoms with Gasteiger partial charge in [0.25, 0.3) is 0 Å². The fraction of sp³-hybridized carbons (Fsp3) is 0.0833. The van der Waals surface area contributed by atoms with Crippen LogP contribution in [0.15, 0.2) is 46.0 Å². The number of thioether (sulfide) groups is 1. The Balaban J connectivity index is 2.13. The van der Waals surface area contributed by atoms with Gasteiger partial charge in [-0.25, -0.2) is 4.39 Å². The van der Waals surface area contributed by atoms with Crippen molar-refractivity contribution in [3.63, 3.8) is 0 Å². The number of rotatable bonds is 3. The standard InChI is InChI=1S/C12H10BrFN2S/c13-12-8(2-1-3-9(12)14)7-17-11-4-5-16-6-10(11)15/h1-6H,7,15H2. The van der Waals surface area contributed by atoms with E-state index in [4.69, 9.17) is 5.73 Å². The molecule has 0 aliphatic rings. The lowest BCUT2D eigenvalue weighted by Gasteiger charge is -2.06. The molecule has 2 rings (SSSR count). The zero-order valence-corrected chi connectivity index (χ0v) is 11.3. The lowest BCUT2D eigenvalue weighted by molar-refractivity contribution is 0.619. The van der Waals surface area contributed by atoms with Gasteiger partial charge in [-0.2, -0.15) is 0 Å². The van der Waals surface area contributed by atoms with E-state index in [-0.39, 0.29) is 5.82 Å². The summed E-state index contributed by atoms with van der Waals surface area (Å²) in [6.45, 7) is 0. The van der Waals surface area contributed by atoms with Gasteiger partial charge in [0.2, 0.25) is 0 Å². The third-order valence-electron chi connectivity index (χ3n) is 2.22. The first-order chi connectivity index (χ1) is 8.18. The number of halogens is 2. The van der Waals surface area contributed by atoms with Gasteiger partial charge >= 0.3 is 0 Å². The number of anilines is 1. The molecular formula is C12H10BrFN2S. The molecule has 1 aromatic carbocycles. The van der Waals surface area contributed by atoms with Crippen LogP contribution in [-0.4, -0.2) is 4.98 Å². The molecule has 0 unspecified atom stereocenters. The van der Waals surface area contributed by atoms with E-state index in [1.54, 1.807) is 30.2 Å². The maximum atomic E-state index is 13.3. The second kappa shape index (κ2) is 5.51. The summed E-state index contributed by atoms with van der Waals surface area (Å²) in [4.78, 5) is 4.88. The van der Waals surface area contributed by atoms with Crippen LogP contribution in [0, 0.1) is 5.82 Å². The number of hydrogen-bond donors (Lipinski definition) is 1. The molecule has 88 valence electrons. The van der Waals surface area contributed by atoms with Crippen LogP contribution in [0.5, 0.6) is 0 Å². The molecule has 0 fully saturated rings. The van der Waals surface area contributed by atoms with Crippen LogP contribution in [0.25, 0.3) is 0 Å². The normalized spacial score (nSPS) is 10.5. The smallest absolute Gasteiger partial charge is 0.137 e. The largest absolute Gasteiger partial charge is 0.397 e. The van der Waals surface area contributed by atoms with Gasteiger partial charge in [-0.15, -0.1) is 11.8 Å². The van der Waals surface area contributed by atoms with Crippen molar-refractivity contribution in [2.75, 3.05) is 5.73 Å². The summed E-state index contributed by atoms with van der Waals surface area (Å²) >= 11 is 4.80. The predicted molar refractivity (Wildman–Crippen MR) is 72.3 cm³/mol. The number of nitrogen functional groups attached to an aromatic ring is 1. The van der Waals surface area contributed by atoms with Crippen molar-refractivity contribution < 1.29 is 4.39 Å². The fourth-order valence-corrected chi connectivity index (χ4v) is 2.86. The van der Waals surface area contributed by atoms with Gasteiger partial charge in [0.05, 0.1) is 16.4 Å². The van der Waals surface area contributed by atoms with Gasteiger partial charge < -0.3 is 5.73 Å². The molecule has 0 aliphatic heterocycles. The van der Waals surface area contributed by atoms with Gasteiger partial charge in [0, 0.05) is 16.8 Å². The number of nitrogens with two attached hydrogens (primary N) is 1. The van der Waals surface area contributed by atoms with E-state index in [0.717, 1.165) is 10.5 Å². The summed E-state index contributed by atoms with van der Waals surface area (Å²) in [5, 5.41) is 0. The molecule has 0 saturated carbocycles. The molecule has 0 amide bonds. The van der Waals surface area contributed by atoms with E-state index in [2.05, 4.69) is 20.9 Å². The first kappa shape index (κ1) is 12.4. The number of nitrogens with zero attached hydrogens (tertiary/aromatic N) is 1. The van der Waals surface area contributed by atoms with Crippen molar-refractivity contribution in [1.29, 1.82) is 0 Å². The SMILES string of the molecule is Nc1cnccc1SCc1cccc(F)c1Br. The van der Waals surface area contributed by atoms with E-state index < -0.39 is 0 Å². The Morgan fingerprint density at radius 3 is 2.94 bits per heavy atom. The number of benzene rings is 1. The van der Waals surface area contributed by atoms with Gasteiger partial charge in [0.15, 0.2) is 0 Å². The molecule has 2 aromatic rings. The van der Waals surface area contributed by atoms with E-state index in [9.17, 15) is 4.39 Å². The second-order valence-corrected chi connectivity index (χ2v) is 5.23. The minimum absolute atomic E-state index is 0.245. The molecule has 0 atom stereocenters. The molecule has 1 heterocycles. The molecule has 0 radical (unpaired) electrons. The molecule has 0 aliphatic carbocycles. The highest BCUT2D eigenvalue weighted by molar-refractivity contribution is 9.10. The van der Waals surface area contributed by atoms with Crippen LogP contribution in [0.1, 0.15) is 5.56 Å². The number of pyridine rings is 1. The average molecular weight is 313 g/mol. The zero-order valence-electron chi connectivity index (χ0n) is 8.86. The summed E-state index contributed by atoms with van der Waals surface area (Å²) in [6.07, 6.45) is 3.31. The van der Waals surface area contributed by atoms with E-state index in [1.165, 1.54) is 6.07 Å². The Bertz CT molecular complexity index is 534. The van der Waals surface area contributed by atoms with Crippen LogP contribution < -0.4 is 5.73 Å². The van der Waals surface area contributed by atoms with Crippen LogP contribution in [0.2, 0.25) is 0 Å². The summed E-state index contributed by atoms with van der Waals surface area (Å²) < 4.78 is 13.8. The maximum absolute atomic E-state index is 13.3. The molecule has 17 heavy (non-hydrogen) atoms. The third kappa shape index (κ3) is 2.98. The fourth-order valence-electron chi connectivity index (χ4n) is 1.34. The van der Waals surface area contributed by atoms with Crippen LogP contribution in [-0.2, 0) is 5.75 Å². The Kier molecular flexibility index (Phi) is 4.02. The monoisotopic (exact) mass is 312 g/mol. The van der Waals surface area contributed by atoms with Crippen molar-refractivity contribution in [3.8, 4) is 0 Å². The topological polar surface area (TPSA) is 38.9 Å². The summed E-state index contributed by atoms with van der Waals surface area (Å²) in [5.41, 5.74) is 7.34. The first-order valence-electron chi connectivity index (χ1n) is 4.93. The van der Waals surface area contributed by atoms with Crippen molar-refractivity contribution >= 4 is 33.4 Å². The van der Waals surface area contributed by atoms with Crippen molar-refractivity contribution in [2.24, 2.45) is 0 Å². The third-order valence-corrected chi connectivity index (χ3v) is 4.25. The Labute approximate surface area is 112 Å². The van der Waals surface area contributed by atoms with Crippen molar-refractivity contribution in [2.45, 2.75) is 10.6 Å². The van der Waals surface area contributed by atoms with Crippen LogP contribution in [0.4, 0.5) is 10.1 Å². The minimum Gasteiger partial charge on any atom is -0.397 e. The van der Waals surface area contributed by atoms with E-state index >= 15 is 0 Å². The van der Waals surface area contributed by atoms with Gasteiger partial charge in [-0.05, 0) is 33.6 Å². The predicted octanol–water partition coefficient (Wildman–Crippen LogP) is 3.86.